The summed E-state index contributed by atoms with van der Waals surface area (Å²) in [5.74, 6) is 0.794. The van der Waals surface area contributed by atoms with Crippen LogP contribution in [0.1, 0.15) is 31.7 Å². The van der Waals surface area contributed by atoms with E-state index in [-0.39, 0.29) is 5.91 Å². The van der Waals surface area contributed by atoms with Gasteiger partial charge in [0.05, 0.1) is 6.04 Å². The summed E-state index contributed by atoms with van der Waals surface area (Å²) in [6.45, 7) is 6.75. The van der Waals surface area contributed by atoms with Crippen molar-refractivity contribution in [2.24, 2.45) is 5.73 Å². The lowest BCUT2D eigenvalue weighted by Crippen LogP contribution is -2.41. The first kappa shape index (κ1) is 17.2. The lowest BCUT2D eigenvalue weighted by Gasteiger charge is -2.21. The van der Waals surface area contributed by atoms with Gasteiger partial charge in [-0.2, -0.15) is 0 Å². The number of amides is 1. The first-order chi connectivity index (χ1) is 10.1. The van der Waals surface area contributed by atoms with E-state index >= 15 is 0 Å². The number of likely N-dealkylation sites (N-methyl/N-ethyl adjacent to an activating group) is 1. The third-order valence-electron chi connectivity index (χ3n) is 3.27. The minimum Gasteiger partial charge on any atom is -0.490 e. The number of ether oxygens (including phenoxy) is 1. The van der Waals surface area contributed by atoms with E-state index in [1.54, 1.807) is 18.0 Å². The molecule has 0 aliphatic heterocycles. The zero-order valence-corrected chi connectivity index (χ0v) is 13.0. The van der Waals surface area contributed by atoms with Gasteiger partial charge in [-0.05, 0) is 24.1 Å². The molecule has 0 saturated carbocycles. The SMILES string of the molecule is C=CCOc1ccc(CN(C)C(=O)[C@@H](N)CCCC)cc1. The third kappa shape index (κ3) is 6.00. The average Bonchev–Trinajstić information content (AvgIpc) is 2.51. The summed E-state index contributed by atoms with van der Waals surface area (Å²) in [5.41, 5.74) is 6.97. The van der Waals surface area contributed by atoms with Crippen LogP contribution in [0.25, 0.3) is 0 Å². The van der Waals surface area contributed by atoms with Crippen molar-refractivity contribution in [1.82, 2.24) is 4.90 Å². The molecule has 1 atom stereocenters. The van der Waals surface area contributed by atoms with Crippen LogP contribution < -0.4 is 10.5 Å². The number of rotatable bonds is 9. The zero-order valence-electron chi connectivity index (χ0n) is 13.0. The second kappa shape index (κ2) is 9.19. The van der Waals surface area contributed by atoms with Gasteiger partial charge in [-0.1, -0.05) is 44.6 Å². The maximum atomic E-state index is 12.1. The highest BCUT2D eigenvalue weighted by Crippen LogP contribution is 2.14. The van der Waals surface area contributed by atoms with Crippen molar-refractivity contribution in [3.63, 3.8) is 0 Å². The average molecular weight is 290 g/mol. The van der Waals surface area contributed by atoms with E-state index in [2.05, 4.69) is 13.5 Å². The number of nitrogens with zero attached hydrogens (tertiary/aromatic N) is 1. The van der Waals surface area contributed by atoms with Crippen molar-refractivity contribution in [3.05, 3.63) is 42.5 Å². The standard InChI is InChI=1S/C17H26N2O2/c1-4-6-7-16(18)17(20)19(3)13-14-8-10-15(11-9-14)21-12-5-2/h5,8-11,16H,2,4,6-7,12-13,18H2,1,3H3/t16-/m0/s1. The van der Waals surface area contributed by atoms with Gasteiger partial charge in [-0.25, -0.2) is 0 Å². The minimum atomic E-state index is -0.398. The van der Waals surface area contributed by atoms with Gasteiger partial charge in [0.2, 0.25) is 5.91 Å². The molecule has 4 nitrogen and oxygen atoms in total. The molecular weight excluding hydrogens is 264 g/mol. The van der Waals surface area contributed by atoms with Crippen molar-refractivity contribution < 1.29 is 9.53 Å². The second-order valence-electron chi connectivity index (χ2n) is 5.19. The molecule has 0 fully saturated rings. The van der Waals surface area contributed by atoms with Gasteiger partial charge >= 0.3 is 0 Å². The number of benzene rings is 1. The number of carbonyl (C=O) groups excluding carboxylic acids is 1. The van der Waals surface area contributed by atoms with Crippen molar-refractivity contribution in [2.75, 3.05) is 13.7 Å². The molecule has 0 unspecified atom stereocenters. The molecule has 4 heteroatoms. The highest BCUT2D eigenvalue weighted by Gasteiger charge is 2.17. The predicted octanol–water partition coefficient (Wildman–Crippen LogP) is 2.73. The molecule has 0 aliphatic carbocycles. The number of unbranched alkanes of at least 4 members (excludes halogenated alkanes) is 1. The summed E-state index contributed by atoms with van der Waals surface area (Å²) in [7, 11) is 1.79. The van der Waals surface area contributed by atoms with Crippen LogP contribution in [-0.2, 0) is 11.3 Å². The first-order valence-electron chi connectivity index (χ1n) is 7.41. The molecule has 0 saturated heterocycles. The molecule has 2 N–H and O–H groups in total. The molecule has 21 heavy (non-hydrogen) atoms. The molecule has 0 heterocycles. The second-order valence-corrected chi connectivity index (χ2v) is 5.19. The van der Waals surface area contributed by atoms with E-state index < -0.39 is 6.04 Å². The summed E-state index contributed by atoms with van der Waals surface area (Å²) in [5, 5.41) is 0. The Bertz CT molecular complexity index is 443. The van der Waals surface area contributed by atoms with Crippen molar-refractivity contribution in [3.8, 4) is 5.75 Å². The highest BCUT2D eigenvalue weighted by molar-refractivity contribution is 5.81. The lowest BCUT2D eigenvalue weighted by atomic mass is 10.1. The summed E-state index contributed by atoms with van der Waals surface area (Å²) in [4.78, 5) is 13.8. The normalized spacial score (nSPS) is 11.8. The van der Waals surface area contributed by atoms with Crippen LogP contribution in [0.4, 0.5) is 0 Å². The molecule has 0 aliphatic rings. The number of hydrogen-bond donors (Lipinski definition) is 1. The van der Waals surface area contributed by atoms with Crippen molar-refractivity contribution in [1.29, 1.82) is 0 Å². The van der Waals surface area contributed by atoms with Gasteiger partial charge in [0.25, 0.3) is 0 Å². The fourth-order valence-corrected chi connectivity index (χ4v) is 2.03. The Hall–Kier alpha value is -1.81. The van der Waals surface area contributed by atoms with Crippen LogP contribution in [0.3, 0.4) is 0 Å². The highest BCUT2D eigenvalue weighted by atomic mass is 16.5. The minimum absolute atomic E-state index is 0.00423. The fourth-order valence-electron chi connectivity index (χ4n) is 2.03. The van der Waals surface area contributed by atoms with Gasteiger partial charge < -0.3 is 15.4 Å². The van der Waals surface area contributed by atoms with Crippen LogP contribution in [0.2, 0.25) is 0 Å². The van der Waals surface area contributed by atoms with Crippen LogP contribution in [0.15, 0.2) is 36.9 Å². The lowest BCUT2D eigenvalue weighted by molar-refractivity contribution is -0.132. The third-order valence-corrected chi connectivity index (χ3v) is 3.27. The van der Waals surface area contributed by atoms with E-state index in [0.29, 0.717) is 13.2 Å². The zero-order chi connectivity index (χ0) is 15.7. The molecule has 0 aromatic heterocycles. The van der Waals surface area contributed by atoms with Gasteiger partial charge in [-0.15, -0.1) is 0 Å². The largest absolute Gasteiger partial charge is 0.490 e. The van der Waals surface area contributed by atoms with E-state index in [1.165, 1.54) is 0 Å². The van der Waals surface area contributed by atoms with Gasteiger partial charge in [0.15, 0.2) is 0 Å². The van der Waals surface area contributed by atoms with Gasteiger partial charge in [0.1, 0.15) is 12.4 Å². The Morgan fingerprint density at radius 2 is 2.10 bits per heavy atom. The number of hydrogen-bond acceptors (Lipinski definition) is 3. The Labute approximate surface area is 127 Å². The summed E-state index contributed by atoms with van der Waals surface area (Å²) < 4.78 is 5.43. The maximum absolute atomic E-state index is 12.1. The van der Waals surface area contributed by atoms with Crippen LogP contribution >= 0.6 is 0 Å². The summed E-state index contributed by atoms with van der Waals surface area (Å²) in [6.07, 6.45) is 4.49. The molecule has 1 rings (SSSR count). The predicted molar refractivity (Wildman–Crippen MR) is 86.1 cm³/mol. The van der Waals surface area contributed by atoms with Crippen LogP contribution in [-0.4, -0.2) is 30.5 Å². The van der Waals surface area contributed by atoms with Crippen LogP contribution in [0.5, 0.6) is 5.75 Å². The van der Waals surface area contributed by atoms with Gasteiger partial charge in [-0.3, -0.25) is 4.79 Å². The van der Waals surface area contributed by atoms with Crippen LogP contribution in [0, 0.1) is 0 Å². The monoisotopic (exact) mass is 290 g/mol. The molecule has 1 amide bonds. The van der Waals surface area contributed by atoms with Crippen molar-refractivity contribution >= 4 is 5.91 Å². The molecule has 1 aromatic carbocycles. The molecule has 1 aromatic rings. The topological polar surface area (TPSA) is 55.6 Å². The smallest absolute Gasteiger partial charge is 0.239 e. The first-order valence-corrected chi connectivity index (χ1v) is 7.41. The van der Waals surface area contributed by atoms with E-state index in [9.17, 15) is 4.79 Å². The molecule has 116 valence electrons. The summed E-state index contributed by atoms with van der Waals surface area (Å²) in [6, 6.07) is 7.31. The van der Waals surface area contributed by atoms with E-state index in [4.69, 9.17) is 10.5 Å². The van der Waals surface area contributed by atoms with E-state index in [1.807, 2.05) is 24.3 Å². The maximum Gasteiger partial charge on any atom is 0.239 e. The quantitative estimate of drug-likeness (QED) is 0.711. The Balaban J connectivity index is 2.51. The Morgan fingerprint density at radius 1 is 1.43 bits per heavy atom. The Morgan fingerprint density at radius 3 is 2.67 bits per heavy atom. The van der Waals surface area contributed by atoms with Gasteiger partial charge in [0, 0.05) is 13.6 Å². The molecule has 0 radical (unpaired) electrons. The number of carbonyl (C=O) groups is 1. The molecular formula is C17H26N2O2. The van der Waals surface area contributed by atoms with Crippen molar-refractivity contribution in [2.45, 2.75) is 38.8 Å². The fraction of sp³-hybridized carbons (Fsp3) is 0.471. The Kier molecular flexibility index (Phi) is 7.54. The molecule has 0 bridgehead atoms. The molecule has 0 spiro atoms. The van der Waals surface area contributed by atoms with E-state index in [0.717, 1.165) is 30.6 Å². The number of nitrogens with two attached hydrogens (primary N) is 1. The summed E-state index contributed by atoms with van der Waals surface area (Å²) >= 11 is 0.